The number of amides is 1. The van der Waals surface area contributed by atoms with Gasteiger partial charge in [0.1, 0.15) is 0 Å². The number of rotatable bonds is 7. The third-order valence-electron chi connectivity index (χ3n) is 5.05. The van der Waals surface area contributed by atoms with Gasteiger partial charge < -0.3 is 14.8 Å². The summed E-state index contributed by atoms with van der Waals surface area (Å²) in [5, 5.41) is 3.39. The van der Waals surface area contributed by atoms with Gasteiger partial charge in [0, 0.05) is 16.8 Å². The molecule has 6 nitrogen and oxygen atoms in total. The first-order valence-corrected chi connectivity index (χ1v) is 11.2. The van der Waals surface area contributed by atoms with Crippen LogP contribution in [-0.2, 0) is 4.79 Å². The molecule has 0 aliphatic heterocycles. The van der Waals surface area contributed by atoms with E-state index >= 15 is 0 Å². The second-order valence-electron chi connectivity index (χ2n) is 7.37. The van der Waals surface area contributed by atoms with Crippen LogP contribution in [0.3, 0.4) is 0 Å². The van der Waals surface area contributed by atoms with Gasteiger partial charge in [0.25, 0.3) is 5.91 Å². The minimum absolute atomic E-state index is 0.0957. The van der Waals surface area contributed by atoms with Gasteiger partial charge in [-0.1, -0.05) is 53.5 Å². The first-order valence-electron chi connectivity index (χ1n) is 10.4. The predicted molar refractivity (Wildman–Crippen MR) is 131 cm³/mol. The molecule has 0 radical (unpaired) electrons. The number of nitrogens with one attached hydrogen (secondary N) is 1. The molecule has 0 aromatic heterocycles. The lowest BCUT2D eigenvalue weighted by molar-refractivity contribution is -0.118. The lowest BCUT2D eigenvalue weighted by Crippen LogP contribution is -2.20. The molecule has 0 unspecified atom stereocenters. The number of benzene rings is 3. The highest BCUT2D eigenvalue weighted by atomic mass is 35.5. The summed E-state index contributed by atoms with van der Waals surface area (Å²) >= 11 is 11.9. The molecule has 1 aliphatic carbocycles. The summed E-state index contributed by atoms with van der Waals surface area (Å²) < 4.78 is 11.3. The number of anilines is 1. The highest BCUT2D eigenvalue weighted by molar-refractivity contribution is 6.42. The smallest absolute Gasteiger partial charge is 0.262 e. The summed E-state index contributed by atoms with van der Waals surface area (Å²) in [5.74, 6) is -0.280. The van der Waals surface area contributed by atoms with Gasteiger partial charge >= 0.3 is 0 Å². The van der Waals surface area contributed by atoms with E-state index in [2.05, 4.69) is 5.32 Å². The Kier molecular flexibility index (Phi) is 7.01. The predicted octanol–water partition coefficient (Wildman–Crippen LogP) is 5.87. The zero-order valence-electron chi connectivity index (χ0n) is 18.1. The maximum absolute atomic E-state index is 12.7. The standard InChI is InChI=1S/C26H19Cl2NO5/c1-2-33-23-12-15(11-19-25(31)17-5-3-4-6-18(17)26(19)32)7-10-22(23)34-14-24(30)29-16-8-9-20(27)21(28)13-16/h3-13H,2,14H2,1H3,(H,29,30). The van der Waals surface area contributed by atoms with Gasteiger partial charge in [-0.15, -0.1) is 0 Å². The number of hydrogen-bond acceptors (Lipinski definition) is 5. The van der Waals surface area contributed by atoms with E-state index in [1.165, 1.54) is 6.08 Å². The molecule has 1 N–H and O–H groups in total. The van der Waals surface area contributed by atoms with Crippen LogP contribution in [0.25, 0.3) is 6.08 Å². The molecule has 172 valence electrons. The summed E-state index contributed by atoms with van der Waals surface area (Å²) in [6.07, 6.45) is 1.54. The van der Waals surface area contributed by atoms with Gasteiger partial charge in [0.05, 0.1) is 22.2 Å². The Morgan fingerprint density at radius 1 is 0.882 bits per heavy atom. The Hall–Kier alpha value is -3.61. The van der Waals surface area contributed by atoms with Gasteiger partial charge in [-0.2, -0.15) is 0 Å². The van der Waals surface area contributed by atoms with Crippen molar-refractivity contribution in [3.63, 3.8) is 0 Å². The molecule has 0 atom stereocenters. The Labute approximate surface area is 206 Å². The number of fused-ring (bicyclic) bond motifs is 1. The first-order chi connectivity index (χ1) is 16.4. The number of halogens is 2. The molecule has 1 aliphatic rings. The fourth-order valence-corrected chi connectivity index (χ4v) is 3.78. The number of allylic oxidation sites excluding steroid dienone is 1. The SMILES string of the molecule is CCOc1cc(C=C2C(=O)c3ccccc3C2=O)ccc1OCC(=O)Nc1ccc(Cl)c(Cl)c1. The van der Waals surface area contributed by atoms with E-state index in [9.17, 15) is 14.4 Å². The van der Waals surface area contributed by atoms with Crippen LogP contribution in [0.1, 0.15) is 33.2 Å². The Bertz CT molecular complexity index is 1300. The Morgan fingerprint density at radius 2 is 1.59 bits per heavy atom. The number of carbonyl (C=O) groups is 3. The number of hydrogen-bond donors (Lipinski definition) is 1. The van der Waals surface area contributed by atoms with E-state index in [1.54, 1.807) is 60.7 Å². The molecule has 0 bridgehead atoms. The highest BCUT2D eigenvalue weighted by Gasteiger charge is 2.32. The summed E-state index contributed by atoms with van der Waals surface area (Å²) in [6, 6.07) is 16.5. The monoisotopic (exact) mass is 495 g/mol. The molecule has 0 spiro atoms. The molecule has 0 heterocycles. The zero-order chi connectivity index (χ0) is 24.2. The second kappa shape index (κ2) is 10.1. The number of ketones is 2. The van der Waals surface area contributed by atoms with E-state index in [4.69, 9.17) is 32.7 Å². The van der Waals surface area contributed by atoms with Crippen LogP contribution in [0.4, 0.5) is 5.69 Å². The lowest BCUT2D eigenvalue weighted by atomic mass is 10.1. The molecule has 1 amide bonds. The number of Topliss-reactive ketones (excluding diaryl/α,β-unsaturated/α-hetero) is 2. The maximum atomic E-state index is 12.7. The van der Waals surface area contributed by atoms with Crippen molar-refractivity contribution in [2.24, 2.45) is 0 Å². The molecule has 0 saturated heterocycles. The Morgan fingerprint density at radius 3 is 2.24 bits per heavy atom. The van der Waals surface area contributed by atoms with Crippen molar-refractivity contribution in [3.8, 4) is 11.5 Å². The summed E-state index contributed by atoms with van der Waals surface area (Å²) in [6.45, 7) is 1.90. The van der Waals surface area contributed by atoms with Crippen LogP contribution < -0.4 is 14.8 Å². The fraction of sp³-hybridized carbons (Fsp3) is 0.115. The molecule has 0 fully saturated rings. The van der Waals surface area contributed by atoms with Crippen LogP contribution >= 0.6 is 23.2 Å². The van der Waals surface area contributed by atoms with Gasteiger partial charge in [-0.05, 0) is 48.9 Å². The van der Waals surface area contributed by atoms with Crippen molar-refractivity contribution < 1.29 is 23.9 Å². The van der Waals surface area contributed by atoms with Crippen LogP contribution in [0.2, 0.25) is 10.0 Å². The third kappa shape index (κ3) is 4.98. The van der Waals surface area contributed by atoms with E-state index in [0.29, 0.717) is 50.5 Å². The van der Waals surface area contributed by atoms with Crippen LogP contribution in [0.5, 0.6) is 11.5 Å². The number of ether oxygens (including phenoxy) is 2. The van der Waals surface area contributed by atoms with Crippen molar-refractivity contribution in [2.45, 2.75) is 6.92 Å². The minimum Gasteiger partial charge on any atom is -0.490 e. The van der Waals surface area contributed by atoms with E-state index in [0.717, 1.165) is 0 Å². The van der Waals surface area contributed by atoms with Crippen molar-refractivity contribution in [1.82, 2.24) is 0 Å². The number of carbonyl (C=O) groups excluding carboxylic acids is 3. The first kappa shape index (κ1) is 23.5. The normalized spacial score (nSPS) is 12.4. The average molecular weight is 496 g/mol. The van der Waals surface area contributed by atoms with Crippen LogP contribution in [-0.4, -0.2) is 30.7 Å². The average Bonchev–Trinajstić information content (AvgIpc) is 3.06. The van der Waals surface area contributed by atoms with Crippen molar-refractivity contribution >= 4 is 52.4 Å². The molecule has 0 saturated carbocycles. The molecule has 3 aromatic carbocycles. The van der Waals surface area contributed by atoms with E-state index < -0.39 is 5.91 Å². The topological polar surface area (TPSA) is 81.7 Å². The van der Waals surface area contributed by atoms with Crippen molar-refractivity contribution in [3.05, 3.63) is 93.0 Å². The Balaban J connectivity index is 1.49. The highest BCUT2D eigenvalue weighted by Crippen LogP contribution is 2.32. The zero-order valence-corrected chi connectivity index (χ0v) is 19.6. The quantitative estimate of drug-likeness (QED) is 0.327. The largest absolute Gasteiger partial charge is 0.490 e. The fourth-order valence-electron chi connectivity index (χ4n) is 3.49. The van der Waals surface area contributed by atoms with Gasteiger partial charge in [-0.3, -0.25) is 14.4 Å². The maximum Gasteiger partial charge on any atom is 0.262 e. The van der Waals surface area contributed by atoms with Crippen molar-refractivity contribution in [2.75, 3.05) is 18.5 Å². The van der Waals surface area contributed by atoms with Gasteiger partial charge in [-0.25, -0.2) is 0 Å². The van der Waals surface area contributed by atoms with E-state index in [1.807, 2.05) is 6.92 Å². The summed E-state index contributed by atoms with van der Waals surface area (Å²) in [4.78, 5) is 37.6. The molecule has 4 rings (SSSR count). The van der Waals surface area contributed by atoms with Crippen LogP contribution in [0, 0.1) is 0 Å². The van der Waals surface area contributed by atoms with Crippen molar-refractivity contribution in [1.29, 1.82) is 0 Å². The van der Waals surface area contributed by atoms with Gasteiger partial charge in [0.2, 0.25) is 0 Å². The second-order valence-corrected chi connectivity index (χ2v) is 8.18. The molecule has 8 heteroatoms. The minimum atomic E-state index is -0.396. The molecule has 34 heavy (non-hydrogen) atoms. The molecular formula is C26H19Cl2NO5. The van der Waals surface area contributed by atoms with Crippen LogP contribution in [0.15, 0.2) is 66.2 Å². The van der Waals surface area contributed by atoms with E-state index in [-0.39, 0.29) is 23.7 Å². The summed E-state index contributed by atoms with van der Waals surface area (Å²) in [7, 11) is 0. The summed E-state index contributed by atoms with van der Waals surface area (Å²) in [5.41, 5.74) is 1.98. The molecule has 3 aromatic rings. The third-order valence-corrected chi connectivity index (χ3v) is 5.79. The van der Waals surface area contributed by atoms with Gasteiger partial charge in [0.15, 0.2) is 29.7 Å². The lowest BCUT2D eigenvalue weighted by Gasteiger charge is -2.13. The molecular weight excluding hydrogens is 477 g/mol.